The molecule has 0 bridgehead atoms. The summed E-state index contributed by atoms with van der Waals surface area (Å²) in [6.45, 7) is 1.63. The number of likely N-dealkylation sites (tertiary alicyclic amines) is 1. The Labute approximate surface area is 177 Å². The van der Waals surface area contributed by atoms with Crippen molar-refractivity contribution in [1.29, 1.82) is 0 Å². The van der Waals surface area contributed by atoms with Gasteiger partial charge in [-0.1, -0.05) is 37.8 Å². The maximum absolute atomic E-state index is 13.8. The summed E-state index contributed by atoms with van der Waals surface area (Å²) in [7, 11) is 0. The van der Waals surface area contributed by atoms with Crippen LogP contribution in [0, 0.1) is 5.82 Å². The van der Waals surface area contributed by atoms with Crippen molar-refractivity contribution in [2.75, 3.05) is 18.4 Å². The molecule has 1 heterocycles. The van der Waals surface area contributed by atoms with Crippen LogP contribution in [0.3, 0.4) is 0 Å². The zero-order chi connectivity index (χ0) is 21.0. The van der Waals surface area contributed by atoms with Crippen LogP contribution in [0.15, 0.2) is 48.5 Å². The van der Waals surface area contributed by atoms with Crippen LogP contribution in [-0.4, -0.2) is 29.8 Å². The molecule has 158 valence electrons. The highest BCUT2D eigenvalue weighted by Crippen LogP contribution is 2.42. The molecule has 1 aliphatic heterocycles. The van der Waals surface area contributed by atoms with Gasteiger partial charge in [0.05, 0.1) is 5.41 Å². The number of carbonyl (C=O) groups is 2. The monoisotopic (exact) mass is 408 g/mol. The average molecular weight is 409 g/mol. The zero-order valence-electron chi connectivity index (χ0n) is 17.3. The molecule has 0 atom stereocenters. The topological polar surface area (TPSA) is 49.4 Å². The minimum absolute atomic E-state index is 0.0572. The Morgan fingerprint density at radius 2 is 1.53 bits per heavy atom. The minimum atomic E-state index is -0.692. The number of rotatable bonds is 4. The SMILES string of the molecule is O=C(c1ccc(NC(=O)C2(c3cccc(F)c3)CCCC2)cc1)N1CCCCCC1. The molecule has 0 aromatic heterocycles. The zero-order valence-corrected chi connectivity index (χ0v) is 17.3. The Bertz CT molecular complexity index is 896. The van der Waals surface area contributed by atoms with Gasteiger partial charge in [-0.05, 0) is 67.6 Å². The number of benzene rings is 2. The minimum Gasteiger partial charge on any atom is -0.339 e. The van der Waals surface area contributed by atoms with E-state index < -0.39 is 5.41 Å². The van der Waals surface area contributed by atoms with Crippen molar-refractivity contribution in [3.05, 3.63) is 65.5 Å². The summed E-state index contributed by atoms with van der Waals surface area (Å²) in [6.07, 6.45) is 7.82. The van der Waals surface area contributed by atoms with Gasteiger partial charge in [0, 0.05) is 24.3 Å². The van der Waals surface area contributed by atoms with E-state index in [1.165, 1.54) is 25.0 Å². The Hall–Kier alpha value is -2.69. The number of anilines is 1. The molecule has 5 heteroatoms. The van der Waals surface area contributed by atoms with Crippen molar-refractivity contribution in [2.45, 2.75) is 56.8 Å². The molecule has 0 spiro atoms. The molecule has 2 aliphatic rings. The standard InChI is InChI=1S/C25H29FN2O2/c26-21-9-7-8-20(18-21)25(14-3-4-15-25)24(30)27-22-12-10-19(11-13-22)23(29)28-16-5-1-2-6-17-28/h7-13,18H,1-6,14-17H2,(H,27,30). The molecule has 2 aromatic rings. The predicted octanol–water partition coefficient (Wildman–Crippen LogP) is 5.29. The summed E-state index contributed by atoms with van der Waals surface area (Å²) in [5.41, 5.74) is 1.36. The summed E-state index contributed by atoms with van der Waals surface area (Å²) in [4.78, 5) is 27.9. The van der Waals surface area contributed by atoms with Crippen molar-refractivity contribution < 1.29 is 14.0 Å². The summed E-state index contributed by atoms with van der Waals surface area (Å²) >= 11 is 0. The van der Waals surface area contributed by atoms with Gasteiger partial charge in [-0.25, -0.2) is 4.39 Å². The summed E-state index contributed by atoms with van der Waals surface area (Å²) < 4.78 is 13.8. The molecular weight excluding hydrogens is 379 g/mol. The molecule has 0 unspecified atom stereocenters. The van der Waals surface area contributed by atoms with Gasteiger partial charge in [-0.3, -0.25) is 9.59 Å². The van der Waals surface area contributed by atoms with Crippen LogP contribution >= 0.6 is 0 Å². The van der Waals surface area contributed by atoms with Crippen LogP contribution in [0.2, 0.25) is 0 Å². The Kier molecular flexibility index (Phi) is 6.16. The fraction of sp³-hybridized carbons (Fsp3) is 0.440. The Morgan fingerprint density at radius 1 is 0.867 bits per heavy atom. The molecule has 2 aromatic carbocycles. The number of hydrogen-bond donors (Lipinski definition) is 1. The lowest BCUT2D eigenvalue weighted by molar-refractivity contribution is -0.121. The normalized spacial score (nSPS) is 18.6. The average Bonchev–Trinajstić information content (AvgIpc) is 3.11. The van der Waals surface area contributed by atoms with E-state index in [1.54, 1.807) is 30.3 Å². The van der Waals surface area contributed by atoms with E-state index >= 15 is 0 Å². The molecule has 0 radical (unpaired) electrons. The van der Waals surface area contributed by atoms with Gasteiger partial charge in [0.2, 0.25) is 5.91 Å². The van der Waals surface area contributed by atoms with Crippen LogP contribution in [0.5, 0.6) is 0 Å². The van der Waals surface area contributed by atoms with Gasteiger partial charge in [0.1, 0.15) is 5.82 Å². The molecule has 1 N–H and O–H groups in total. The van der Waals surface area contributed by atoms with Crippen LogP contribution in [0.25, 0.3) is 0 Å². The number of amides is 2. The second kappa shape index (κ2) is 8.99. The third-order valence-corrected chi connectivity index (χ3v) is 6.55. The molecule has 1 aliphatic carbocycles. The maximum Gasteiger partial charge on any atom is 0.253 e. The van der Waals surface area contributed by atoms with E-state index in [-0.39, 0.29) is 17.6 Å². The van der Waals surface area contributed by atoms with Gasteiger partial charge >= 0.3 is 0 Å². The fourth-order valence-electron chi connectivity index (χ4n) is 4.81. The fourth-order valence-corrected chi connectivity index (χ4v) is 4.81. The maximum atomic E-state index is 13.8. The van der Waals surface area contributed by atoms with E-state index in [0.717, 1.165) is 44.3 Å². The first-order valence-corrected chi connectivity index (χ1v) is 11.1. The van der Waals surface area contributed by atoms with Crippen LogP contribution in [0.4, 0.5) is 10.1 Å². The second-order valence-corrected chi connectivity index (χ2v) is 8.54. The van der Waals surface area contributed by atoms with Crippen LogP contribution < -0.4 is 5.32 Å². The van der Waals surface area contributed by atoms with Crippen molar-refractivity contribution in [3.8, 4) is 0 Å². The van der Waals surface area contributed by atoms with Gasteiger partial charge < -0.3 is 10.2 Å². The highest BCUT2D eigenvalue weighted by Gasteiger charge is 2.42. The first kappa shape index (κ1) is 20.6. The highest BCUT2D eigenvalue weighted by atomic mass is 19.1. The molecule has 4 rings (SSSR count). The molecule has 1 saturated heterocycles. The molecule has 2 amide bonds. The van der Waals surface area contributed by atoms with Gasteiger partial charge in [0.25, 0.3) is 5.91 Å². The van der Waals surface area contributed by atoms with E-state index in [4.69, 9.17) is 0 Å². The number of hydrogen-bond acceptors (Lipinski definition) is 2. The number of nitrogens with one attached hydrogen (secondary N) is 1. The first-order chi connectivity index (χ1) is 14.6. The van der Waals surface area contributed by atoms with E-state index in [2.05, 4.69) is 5.32 Å². The quantitative estimate of drug-likeness (QED) is 0.747. The van der Waals surface area contributed by atoms with E-state index in [9.17, 15) is 14.0 Å². The molecular formula is C25H29FN2O2. The van der Waals surface area contributed by atoms with Gasteiger partial charge in [-0.15, -0.1) is 0 Å². The van der Waals surface area contributed by atoms with Crippen LogP contribution in [0.1, 0.15) is 67.3 Å². The van der Waals surface area contributed by atoms with E-state index in [1.807, 2.05) is 11.0 Å². The lowest BCUT2D eigenvalue weighted by Gasteiger charge is -2.28. The second-order valence-electron chi connectivity index (χ2n) is 8.54. The Morgan fingerprint density at radius 3 is 2.17 bits per heavy atom. The van der Waals surface area contributed by atoms with Crippen molar-refractivity contribution in [1.82, 2.24) is 4.90 Å². The van der Waals surface area contributed by atoms with Gasteiger partial charge in [-0.2, -0.15) is 0 Å². The van der Waals surface area contributed by atoms with Crippen molar-refractivity contribution >= 4 is 17.5 Å². The van der Waals surface area contributed by atoms with Gasteiger partial charge in [0.15, 0.2) is 0 Å². The number of nitrogens with zero attached hydrogens (tertiary/aromatic N) is 1. The highest BCUT2D eigenvalue weighted by molar-refractivity contribution is 6.00. The summed E-state index contributed by atoms with van der Waals surface area (Å²) in [6, 6.07) is 13.5. The number of halogens is 1. The van der Waals surface area contributed by atoms with Crippen molar-refractivity contribution in [2.24, 2.45) is 0 Å². The lowest BCUT2D eigenvalue weighted by Crippen LogP contribution is -2.38. The summed E-state index contributed by atoms with van der Waals surface area (Å²) in [5.74, 6) is -0.359. The number of carbonyl (C=O) groups excluding carboxylic acids is 2. The predicted molar refractivity (Wildman–Crippen MR) is 116 cm³/mol. The summed E-state index contributed by atoms with van der Waals surface area (Å²) in [5, 5.41) is 3.01. The molecule has 30 heavy (non-hydrogen) atoms. The third-order valence-electron chi connectivity index (χ3n) is 6.55. The molecule has 4 nitrogen and oxygen atoms in total. The third kappa shape index (κ3) is 4.25. The van der Waals surface area contributed by atoms with E-state index in [0.29, 0.717) is 24.1 Å². The van der Waals surface area contributed by atoms with Crippen molar-refractivity contribution in [3.63, 3.8) is 0 Å². The molecule has 1 saturated carbocycles. The largest absolute Gasteiger partial charge is 0.339 e. The first-order valence-electron chi connectivity index (χ1n) is 11.1. The molecule has 2 fully saturated rings. The smallest absolute Gasteiger partial charge is 0.253 e. The van der Waals surface area contributed by atoms with Crippen LogP contribution in [-0.2, 0) is 10.2 Å². The lowest BCUT2D eigenvalue weighted by atomic mass is 9.78. The Balaban J connectivity index is 1.48.